The molecule has 0 spiro atoms. The minimum atomic E-state index is -0.512. The van der Waals surface area contributed by atoms with Crippen LogP contribution in [0, 0.1) is 11.8 Å². The van der Waals surface area contributed by atoms with Crippen molar-refractivity contribution in [2.24, 2.45) is 11.8 Å². The summed E-state index contributed by atoms with van der Waals surface area (Å²) >= 11 is 0. The first kappa shape index (κ1) is 9.02. The van der Waals surface area contributed by atoms with Crippen LogP contribution in [-0.2, 0) is 0 Å². The number of alkyl halides is 1. The molecule has 2 unspecified atom stereocenters. The molecule has 0 aromatic heterocycles. The fourth-order valence-corrected chi connectivity index (χ4v) is 2.21. The van der Waals surface area contributed by atoms with Crippen LogP contribution in [0.3, 0.4) is 0 Å². The lowest BCUT2D eigenvalue weighted by molar-refractivity contribution is 0.248. The lowest BCUT2D eigenvalue weighted by Gasteiger charge is -2.19. The van der Waals surface area contributed by atoms with Crippen LogP contribution >= 0.6 is 0 Å². The van der Waals surface area contributed by atoms with Crippen molar-refractivity contribution in [1.29, 1.82) is 0 Å². The highest BCUT2D eigenvalue weighted by molar-refractivity contribution is 4.74. The topological polar surface area (TPSA) is 0 Å². The number of hydrogen-bond acceptors (Lipinski definition) is 0. The second kappa shape index (κ2) is 4.08. The van der Waals surface area contributed by atoms with Crippen molar-refractivity contribution in [3.63, 3.8) is 0 Å². The highest BCUT2D eigenvalue weighted by atomic mass is 19.1. The van der Waals surface area contributed by atoms with E-state index in [2.05, 4.69) is 13.8 Å². The maximum atomic E-state index is 13.0. The van der Waals surface area contributed by atoms with Crippen LogP contribution in [0.4, 0.5) is 4.39 Å². The summed E-state index contributed by atoms with van der Waals surface area (Å²) in [6, 6.07) is 0. The molecule has 0 amide bonds. The molecule has 0 aromatic rings. The lowest BCUT2D eigenvalue weighted by atomic mass is 9.87. The van der Waals surface area contributed by atoms with Gasteiger partial charge in [0.1, 0.15) is 6.17 Å². The second-order valence-corrected chi connectivity index (χ2v) is 3.91. The van der Waals surface area contributed by atoms with Gasteiger partial charge in [-0.15, -0.1) is 0 Å². The van der Waals surface area contributed by atoms with Crippen molar-refractivity contribution in [2.75, 3.05) is 0 Å². The molecule has 11 heavy (non-hydrogen) atoms. The van der Waals surface area contributed by atoms with E-state index >= 15 is 0 Å². The molecule has 0 bridgehead atoms. The van der Waals surface area contributed by atoms with Crippen LogP contribution in [0.2, 0.25) is 0 Å². The fraction of sp³-hybridized carbons (Fsp3) is 1.00. The van der Waals surface area contributed by atoms with E-state index in [4.69, 9.17) is 0 Å². The van der Waals surface area contributed by atoms with E-state index in [-0.39, 0.29) is 0 Å². The molecule has 1 aliphatic carbocycles. The predicted octanol–water partition coefficient (Wildman–Crippen LogP) is 3.56. The lowest BCUT2D eigenvalue weighted by Crippen LogP contribution is -2.11. The molecule has 0 aromatic carbocycles. The maximum Gasteiger partial charge on any atom is 0.100 e. The van der Waals surface area contributed by atoms with Gasteiger partial charge in [-0.05, 0) is 24.7 Å². The van der Waals surface area contributed by atoms with Crippen molar-refractivity contribution >= 4 is 0 Å². The molecular formula is C10H19F. The Bertz CT molecular complexity index is 111. The first-order valence-electron chi connectivity index (χ1n) is 4.88. The Morgan fingerprint density at radius 3 is 2.73 bits per heavy atom. The molecule has 3 atom stereocenters. The van der Waals surface area contributed by atoms with Gasteiger partial charge in [-0.25, -0.2) is 4.39 Å². The van der Waals surface area contributed by atoms with Gasteiger partial charge in [0.25, 0.3) is 0 Å². The zero-order chi connectivity index (χ0) is 8.27. The molecule has 0 radical (unpaired) electrons. The van der Waals surface area contributed by atoms with Gasteiger partial charge in [0, 0.05) is 0 Å². The molecule has 0 saturated heterocycles. The molecule has 1 rings (SSSR count). The highest BCUT2D eigenvalue weighted by Gasteiger charge is 2.23. The van der Waals surface area contributed by atoms with Crippen LogP contribution in [-0.4, -0.2) is 6.17 Å². The Morgan fingerprint density at radius 1 is 1.36 bits per heavy atom. The molecule has 1 heteroatoms. The first-order chi connectivity index (χ1) is 5.24. The first-order valence-corrected chi connectivity index (χ1v) is 4.88. The van der Waals surface area contributed by atoms with E-state index in [0.29, 0.717) is 5.92 Å². The van der Waals surface area contributed by atoms with E-state index in [1.807, 2.05) is 0 Å². The van der Waals surface area contributed by atoms with Crippen molar-refractivity contribution in [1.82, 2.24) is 0 Å². The van der Waals surface area contributed by atoms with E-state index in [0.717, 1.165) is 25.2 Å². The minimum absolute atomic E-state index is 0.512. The zero-order valence-corrected chi connectivity index (χ0v) is 7.65. The highest BCUT2D eigenvalue weighted by Crippen LogP contribution is 2.31. The standard InChI is InChI=1S/C10H19F/c1-3-9-5-4-6-10(11)7-8(9)2/h8-10H,3-7H2,1-2H3/t8?,9?,10-/m1/s1. The summed E-state index contributed by atoms with van der Waals surface area (Å²) in [5, 5.41) is 0. The van der Waals surface area contributed by atoms with Gasteiger partial charge in [0.15, 0.2) is 0 Å². The molecule has 0 aliphatic heterocycles. The van der Waals surface area contributed by atoms with Crippen LogP contribution in [0.25, 0.3) is 0 Å². The molecule has 1 saturated carbocycles. The van der Waals surface area contributed by atoms with Gasteiger partial charge in [-0.1, -0.05) is 33.1 Å². The number of hydrogen-bond donors (Lipinski definition) is 0. The monoisotopic (exact) mass is 158 g/mol. The minimum Gasteiger partial charge on any atom is -0.247 e. The summed E-state index contributed by atoms with van der Waals surface area (Å²) in [6.07, 6.45) is 4.68. The van der Waals surface area contributed by atoms with Crippen molar-refractivity contribution in [2.45, 2.75) is 52.1 Å². The quantitative estimate of drug-likeness (QED) is 0.512. The Kier molecular flexibility index (Phi) is 3.35. The third-order valence-corrected chi connectivity index (χ3v) is 3.05. The van der Waals surface area contributed by atoms with Crippen LogP contribution in [0.5, 0.6) is 0 Å². The van der Waals surface area contributed by atoms with Crippen LogP contribution < -0.4 is 0 Å². The fourth-order valence-electron chi connectivity index (χ4n) is 2.21. The summed E-state index contributed by atoms with van der Waals surface area (Å²) < 4.78 is 13.0. The zero-order valence-electron chi connectivity index (χ0n) is 7.65. The molecule has 0 heterocycles. The van der Waals surface area contributed by atoms with Gasteiger partial charge in [0.05, 0.1) is 0 Å². The molecule has 0 nitrogen and oxygen atoms in total. The molecule has 1 aliphatic rings. The number of halogens is 1. The van der Waals surface area contributed by atoms with Gasteiger partial charge >= 0.3 is 0 Å². The van der Waals surface area contributed by atoms with Gasteiger partial charge in [0.2, 0.25) is 0 Å². The molecule has 0 N–H and O–H groups in total. The summed E-state index contributed by atoms with van der Waals surface area (Å²) in [7, 11) is 0. The van der Waals surface area contributed by atoms with E-state index in [1.54, 1.807) is 0 Å². The Balaban J connectivity index is 2.43. The molecule has 66 valence electrons. The average Bonchev–Trinajstić information content (AvgIpc) is 2.11. The summed E-state index contributed by atoms with van der Waals surface area (Å²) in [4.78, 5) is 0. The van der Waals surface area contributed by atoms with Crippen LogP contribution in [0.1, 0.15) is 46.0 Å². The molecule has 1 fully saturated rings. The third-order valence-electron chi connectivity index (χ3n) is 3.05. The average molecular weight is 158 g/mol. The van der Waals surface area contributed by atoms with Gasteiger partial charge in [-0.3, -0.25) is 0 Å². The molecular weight excluding hydrogens is 139 g/mol. The largest absolute Gasteiger partial charge is 0.247 e. The summed E-state index contributed by atoms with van der Waals surface area (Å²) in [5.74, 6) is 1.40. The second-order valence-electron chi connectivity index (χ2n) is 3.91. The van der Waals surface area contributed by atoms with Gasteiger partial charge in [-0.2, -0.15) is 0 Å². The normalized spacial score (nSPS) is 40.1. The van der Waals surface area contributed by atoms with Crippen molar-refractivity contribution in [3.8, 4) is 0 Å². The Morgan fingerprint density at radius 2 is 2.09 bits per heavy atom. The Hall–Kier alpha value is -0.0700. The van der Waals surface area contributed by atoms with E-state index < -0.39 is 6.17 Å². The van der Waals surface area contributed by atoms with E-state index in [1.165, 1.54) is 12.8 Å². The van der Waals surface area contributed by atoms with E-state index in [9.17, 15) is 4.39 Å². The predicted molar refractivity (Wildman–Crippen MR) is 46.3 cm³/mol. The van der Waals surface area contributed by atoms with Crippen molar-refractivity contribution in [3.05, 3.63) is 0 Å². The maximum absolute atomic E-state index is 13.0. The SMILES string of the molecule is CCC1CCC[C@@H](F)CC1C. The summed E-state index contributed by atoms with van der Waals surface area (Å²) in [5.41, 5.74) is 0. The van der Waals surface area contributed by atoms with Crippen molar-refractivity contribution < 1.29 is 4.39 Å². The van der Waals surface area contributed by atoms with Crippen LogP contribution in [0.15, 0.2) is 0 Å². The smallest absolute Gasteiger partial charge is 0.100 e. The Labute approximate surface area is 69.2 Å². The van der Waals surface area contributed by atoms with Gasteiger partial charge < -0.3 is 0 Å². The number of rotatable bonds is 1. The third kappa shape index (κ3) is 2.46. The summed E-state index contributed by atoms with van der Waals surface area (Å²) in [6.45, 7) is 4.42.